The van der Waals surface area contributed by atoms with Gasteiger partial charge in [-0.05, 0) is 23.3 Å². The number of hydrogen-bond donors (Lipinski definition) is 2. The molecule has 0 atom stereocenters. The first-order chi connectivity index (χ1) is 7.36. The Balaban J connectivity index is 3.13. The maximum atomic E-state index is 12.9. The molecule has 16 heavy (non-hydrogen) atoms. The van der Waals surface area contributed by atoms with Crippen LogP contribution in [0.3, 0.4) is 0 Å². The first-order valence-electron chi connectivity index (χ1n) is 4.34. The summed E-state index contributed by atoms with van der Waals surface area (Å²) in [7, 11) is 0. The van der Waals surface area contributed by atoms with Gasteiger partial charge in [-0.3, -0.25) is 11.3 Å². The van der Waals surface area contributed by atoms with Crippen LogP contribution >= 0.6 is 0 Å². The van der Waals surface area contributed by atoms with Gasteiger partial charge in [0.15, 0.2) is 0 Å². The highest BCUT2D eigenvalue weighted by Crippen LogP contribution is 2.32. The number of nitrogens with two attached hydrogens (primary N) is 1. The van der Waals surface area contributed by atoms with E-state index in [9.17, 15) is 17.6 Å². The van der Waals surface area contributed by atoms with E-state index in [1.807, 2.05) is 0 Å². The van der Waals surface area contributed by atoms with Crippen LogP contribution in [0, 0.1) is 5.82 Å². The van der Waals surface area contributed by atoms with Gasteiger partial charge in [0.2, 0.25) is 0 Å². The van der Waals surface area contributed by atoms with Crippen LogP contribution in [0.5, 0.6) is 0 Å². The highest BCUT2D eigenvalue weighted by molar-refractivity contribution is 5.65. The van der Waals surface area contributed by atoms with Crippen LogP contribution in [0.1, 0.15) is 11.1 Å². The quantitative estimate of drug-likeness (QED) is 0.478. The Morgan fingerprint density at radius 3 is 2.50 bits per heavy atom. The van der Waals surface area contributed by atoms with Crippen LogP contribution in [0.4, 0.5) is 17.6 Å². The van der Waals surface area contributed by atoms with Crippen molar-refractivity contribution in [3.05, 3.63) is 41.7 Å². The number of benzene rings is 1. The minimum atomic E-state index is -4.71. The number of hydrogen-bond acceptors (Lipinski definition) is 2. The third-order valence-corrected chi connectivity index (χ3v) is 2.00. The third-order valence-electron chi connectivity index (χ3n) is 2.00. The Bertz CT molecular complexity index is 398. The van der Waals surface area contributed by atoms with Gasteiger partial charge in [-0.25, -0.2) is 4.39 Å². The lowest BCUT2D eigenvalue weighted by Gasteiger charge is -2.11. The van der Waals surface area contributed by atoms with Gasteiger partial charge < -0.3 is 0 Å². The second-order valence-corrected chi connectivity index (χ2v) is 3.18. The van der Waals surface area contributed by atoms with Crippen molar-refractivity contribution in [1.82, 2.24) is 5.43 Å². The molecule has 0 aliphatic rings. The molecule has 0 aliphatic carbocycles. The lowest BCUT2D eigenvalue weighted by molar-refractivity contribution is -0.140. The van der Waals surface area contributed by atoms with Crippen molar-refractivity contribution < 1.29 is 17.6 Å². The Morgan fingerprint density at radius 2 is 2.00 bits per heavy atom. The Hall–Kier alpha value is -1.40. The molecule has 0 bridgehead atoms. The molecule has 88 valence electrons. The summed E-state index contributed by atoms with van der Waals surface area (Å²) in [5.74, 6) is 3.71. The first kappa shape index (κ1) is 12.7. The van der Waals surface area contributed by atoms with Crippen LogP contribution in [0.25, 0.3) is 5.57 Å². The second-order valence-electron chi connectivity index (χ2n) is 3.18. The molecule has 0 saturated carbocycles. The van der Waals surface area contributed by atoms with E-state index < -0.39 is 17.6 Å². The maximum absolute atomic E-state index is 12.9. The predicted octanol–water partition coefficient (Wildman–Crippen LogP) is 2.32. The first-order valence-corrected chi connectivity index (χ1v) is 4.34. The molecule has 0 aliphatic heterocycles. The van der Waals surface area contributed by atoms with Crippen LogP contribution in [-0.4, -0.2) is 6.54 Å². The summed E-state index contributed by atoms with van der Waals surface area (Å²) >= 11 is 0. The molecule has 1 rings (SSSR count). The maximum Gasteiger partial charge on any atom is 0.419 e. The largest absolute Gasteiger partial charge is 0.419 e. The molecule has 0 spiro atoms. The molecule has 3 N–H and O–H groups in total. The van der Waals surface area contributed by atoms with E-state index in [0.717, 1.165) is 12.1 Å². The molecule has 0 heterocycles. The van der Waals surface area contributed by atoms with Gasteiger partial charge in [0, 0.05) is 6.54 Å². The van der Waals surface area contributed by atoms with Crippen molar-refractivity contribution in [3.63, 3.8) is 0 Å². The average molecular weight is 234 g/mol. The minimum Gasteiger partial charge on any atom is -0.271 e. The van der Waals surface area contributed by atoms with E-state index in [4.69, 9.17) is 5.84 Å². The molecule has 0 aromatic heterocycles. The van der Waals surface area contributed by atoms with Crippen molar-refractivity contribution in [2.45, 2.75) is 6.18 Å². The summed E-state index contributed by atoms with van der Waals surface area (Å²) in [5.41, 5.74) is 1.52. The molecule has 1 aromatic rings. The lowest BCUT2D eigenvalue weighted by Crippen LogP contribution is -2.23. The summed E-state index contributed by atoms with van der Waals surface area (Å²) in [6, 6.07) is 2.71. The Kier molecular flexibility index (Phi) is 3.66. The number of halogens is 4. The molecule has 0 saturated heterocycles. The summed E-state index contributed by atoms with van der Waals surface area (Å²) in [6.07, 6.45) is -4.71. The van der Waals surface area contributed by atoms with Crippen molar-refractivity contribution in [2.24, 2.45) is 5.84 Å². The molecular weight excluding hydrogens is 224 g/mol. The highest BCUT2D eigenvalue weighted by Gasteiger charge is 2.34. The van der Waals surface area contributed by atoms with E-state index >= 15 is 0 Å². The average Bonchev–Trinajstić information content (AvgIpc) is 2.16. The molecule has 0 fully saturated rings. The fraction of sp³-hybridized carbons (Fsp3) is 0.200. The van der Waals surface area contributed by atoms with E-state index in [0.29, 0.717) is 5.57 Å². The minimum absolute atomic E-state index is 0.128. The predicted molar refractivity (Wildman–Crippen MR) is 52.6 cm³/mol. The summed E-state index contributed by atoms with van der Waals surface area (Å²) in [5, 5.41) is 0. The van der Waals surface area contributed by atoms with E-state index in [2.05, 4.69) is 12.0 Å². The normalized spacial score (nSPS) is 11.6. The summed E-state index contributed by atoms with van der Waals surface area (Å²) in [6.45, 7) is 3.66. The Morgan fingerprint density at radius 1 is 1.38 bits per heavy atom. The fourth-order valence-electron chi connectivity index (χ4n) is 1.19. The molecular formula is C10H10F4N2. The van der Waals surface area contributed by atoms with Gasteiger partial charge in [-0.2, -0.15) is 13.2 Å². The van der Waals surface area contributed by atoms with Gasteiger partial charge in [0.25, 0.3) is 0 Å². The van der Waals surface area contributed by atoms with E-state index in [1.165, 1.54) is 6.07 Å². The summed E-state index contributed by atoms with van der Waals surface area (Å²) in [4.78, 5) is 0. The number of alkyl halides is 3. The van der Waals surface area contributed by atoms with Crippen LogP contribution in [0.2, 0.25) is 0 Å². The van der Waals surface area contributed by atoms with Crippen LogP contribution in [-0.2, 0) is 6.18 Å². The van der Waals surface area contributed by atoms with Gasteiger partial charge in [0.1, 0.15) is 5.82 Å². The van der Waals surface area contributed by atoms with Crippen molar-refractivity contribution in [3.8, 4) is 0 Å². The lowest BCUT2D eigenvalue weighted by atomic mass is 10.0. The molecule has 1 aromatic carbocycles. The zero-order valence-corrected chi connectivity index (χ0v) is 8.24. The SMILES string of the molecule is C=C(CNN)c1ccc(F)c(C(F)(F)F)c1. The topological polar surface area (TPSA) is 38.0 Å². The smallest absolute Gasteiger partial charge is 0.271 e. The monoisotopic (exact) mass is 234 g/mol. The fourth-order valence-corrected chi connectivity index (χ4v) is 1.19. The number of hydrazine groups is 1. The highest BCUT2D eigenvalue weighted by atomic mass is 19.4. The Labute approximate surface area is 89.7 Å². The van der Waals surface area contributed by atoms with E-state index in [1.54, 1.807) is 0 Å². The zero-order valence-electron chi connectivity index (χ0n) is 8.24. The van der Waals surface area contributed by atoms with Gasteiger partial charge in [0.05, 0.1) is 5.56 Å². The van der Waals surface area contributed by atoms with Crippen LogP contribution < -0.4 is 11.3 Å². The molecule has 0 amide bonds. The zero-order chi connectivity index (χ0) is 12.3. The third kappa shape index (κ3) is 2.80. The van der Waals surface area contributed by atoms with Gasteiger partial charge in [-0.15, -0.1) is 0 Å². The number of rotatable bonds is 3. The van der Waals surface area contributed by atoms with Gasteiger partial charge in [-0.1, -0.05) is 12.6 Å². The molecule has 0 radical (unpaired) electrons. The van der Waals surface area contributed by atoms with Gasteiger partial charge >= 0.3 is 6.18 Å². The molecule has 0 unspecified atom stereocenters. The second kappa shape index (κ2) is 4.63. The number of nitrogens with one attached hydrogen (secondary N) is 1. The summed E-state index contributed by atoms with van der Waals surface area (Å²) < 4.78 is 50.0. The van der Waals surface area contributed by atoms with Crippen molar-refractivity contribution in [1.29, 1.82) is 0 Å². The molecule has 2 nitrogen and oxygen atoms in total. The van der Waals surface area contributed by atoms with Crippen molar-refractivity contribution in [2.75, 3.05) is 6.54 Å². The standard InChI is InChI=1S/C10H10F4N2/c1-6(5-16-15)7-2-3-9(11)8(4-7)10(12,13)14/h2-4,16H,1,5,15H2. The van der Waals surface area contributed by atoms with Crippen LogP contribution in [0.15, 0.2) is 24.8 Å². The van der Waals surface area contributed by atoms with E-state index in [-0.39, 0.29) is 12.1 Å². The van der Waals surface area contributed by atoms with Crippen molar-refractivity contribution >= 4 is 5.57 Å². The molecule has 6 heteroatoms.